The third kappa shape index (κ3) is 2.08. The Hall–Kier alpha value is -1.32. The van der Waals surface area contributed by atoms with Gasteiger partial charge in [0, 0.05) is 6.54 Å². The van der Waals surface area contributed by atoms with Crippen molar-refractivity contribution in [2.75, 3.05) is 11.9 Å². The van der Waals surface area contributed by atoms with Crippen LogP contribution < -0.4 is 10.9 Å². The summed E-state index contributed by atoms with van der Waals surface area (Å²) in [6, 6.07) is 0. The number of rotatable bonds is 3. The summed E-state index contributed by atoms with van der Waals surface area (Å²) < 4.78 is 0. The highest BCUT2D eigenvalue weighted by molar-refractivity contribution is 5.43. The molecule has 0 bridgehead atoms. The zero-order chi connectivity index (χ0) is 9.84. The maximum absolute atomic E-state index is 11.4. The highest BCUT2D eigenvalue weighted by Gasteiger charge is 2.10. The Morgan fingerprint density at radius 3 is 2.85 bits per heavy atom. The minimum atomic E-state index is -0.0547. The van der Waals surface area contributed by atoms with Gasteiger partial charge in [0.2, 0.25) is 0 Å². The van der Waals surface area contributed by atoms with Crippen LogP contribution in [0.1, 0.15) is 32.3 Å². The summed E-state index contributed by atoms with van der Waals surface area (Å²) in [6.07, 6.45) is 1.42. The third-order valence-corrected chi connectivity index (χ3v) is 1.81. The molecular formula is C9H15N3O. The van der Waals surface area contributed by atoms with E-state index in [1.807, 2.05) is 20.8 Å². The number of H-pyrrole nitrogens is 1. The van der Waals surface area contributed by atoms with Gasteiger partial charge in [0.15, 0.2) is 0 Å². The number of aromatic amines is 1. The van der Waals surface area contributed by atoms with E-state index in [9.17, 15) is 4.79 Å². The van der Waals surface area contributed by atoms with Crippen LogP contribution in [0.5, 0.6) is 0 Å². The van der Waals surface area contributed by atoms with Gasteiger partial charge in [-0.25, -0.2) is 4.98 Å². The van der Waals surface area contributed by atoms with Crippen LogP contribution in [0.25, 0.3) is 0 Å². The van der Waals surface area contributed by atoms with Crippen molar-refractivity contribution in [3.8, 4) is 0 Å². The quantitative estimate of drug-likeness (QED) is 0.739. The summed E-state index contributed by atoms with van der Waals surface area (Å²) in [7, 11) is 0. The van der Waals surface area contributed by atoms with Crippen LogP contribution in [-0.2, 0) is 0 Å². The van der Waals surface area contributed by atoms with Crippen LogP contribution in [0.4, 0.5) is 5.82 Å². The normalized spacial score (nSPS) is 10.5. The number of anilines is 1. The fourth-order valence-electron chi connectivity index (χ4n) is 1.25. The Labute approximate surface area is 77.4 Å². The average molecular weight is 181 g/mol. The molecule has 0 spiro atoms. The van der Waals surface area contributed by atoms with Gasteiger partial charge in [0.05, 0.1) is 11.9 Å². The van der Waals surface area contributed by atoms with E-state index in [-0.39, 0.29) is 11.5 Å². The molecule has 1 rings (SSSR count). The Balaban J connectivity index is 3.18. The molecule has 1 aromatic heterocycles. The molecule has 0 amide bonds. The molecular weight excluding hydrogens is 166 g/mol. The average Bonchev–Trinajstić information content (AvgIpc) is 2.04. The Kier molecular flexibility index (Phi) is 3.06. The fourth-order valence-corrected chi connectivity index (χ4v) is 1.25. The fraction of sp³-hybridized carbons (Fsp3) is 0.556. The molecule has 0 aliphatic carbocycles. The summed E-state index contributed by atoms with van der Waals surface area (Å²) in [5.41, 5.74) is 0.672. The minimum Gasteiger partial charge on any atom is -0.370 e. The molecule has 4 heteroatoms. The molecule has 2 N–H and O–H groups in total. The molecule has 72 valence electrons. The number of hydrogen-bond donors (Lipinski definition) is 2. The second-order valence-electron chi connectivity index (χ2n) is 3.18. The van der Waals surface area contributed by atoms with E-state index in [0.717, 1.165) is 12.1 Å². The lowest BCUT2D eigenvalue weighted by molar-refractivity contribution is 0.830. The van der Waals surface area contributed by atoms with Gasteiger partial charge in [-0.05, 0) is 12.8 Å². The van der Waals surface area contributed by atoms with E-state index >= 15 is 0 Å². The highest BCUT2D eigenvalue weighted by atomic mass is 16.1. The SMILES string of the molecule is CCNc1nc[nH]c(=O)c1C(C)C. The summed E-state index contributed by atoms with van der Waals surface area (Å²) in [5.74, 6) is 0.882. The summed E-state index contributed by atoms with van der Waals surface area (Å²) in [5, 5.41) is 3.07. The lowest BCUT2D eigenvalue weighted by Gasteiger charge is -2.10. The first-order valence-electron chi connectivity index (χ1n) is 4.48. The van der Waals surface area contributed by atoms with Crippen LogP contribution in [0.15, 0.2) is 11.1 Å². The van der Waals surface area contributed by atoms with Gasteiger partial charge in [0.25, 0.3) is 5.56 Å². The molecule has 0 aromatic carbocycles. The first-order chi connectivity index (χ1) is 6.16. The number of hydrogen-bond acceptors (Lipinski definition) is 3. The monoisotopic (exact) mass is 181 g/mol. The Morgan fingerprint density at radius 1 is 1.62 bits per heavy atom. The predicted octanol–water partition coefficient (Wildman–Crippen LogP) is 1.33. The largest absolute Gasteiger partial charge is 0.370 e. The summed E-state index contributed by atoms with van der Waals surface area (Å²) in [6.45, 7) is 6.71. The molecule has 0 saturated carbocycles. The second-order valence-corrected chi connectivity index (χ2v) is 3.18. The van der Waals surface area contributed by atoms with Gasteiger partial charge in [-0.2, -0.15) is 0 Å². The van der Waals surface area contributed by atoms with E-state index < -0.39 is 0 Å². The van der Waals surface area contributed by atoms with E-state index in [4.69, 9.17) is 0 Å². The van der Waals surface area contributed by atoms with Crippen molar-refractivity contribution in [3.05, 3.63) is 22.2 Å². The molecule has 1 heterocycles. The number of nitrogens with one attached hydrogen (secondary N) is 2. The smallest absolute Gasteiger partial charge is 0.256 e. The van der Waals surface area contributed by atoms with Gasteiger partial charge < -0.3 is 10.3 Å². The predicted molar refractivity (Wildman–Crippen MR) is 53.1 cm³/mol. The lowest BCUT2D eigenvalue weighted by atomic mass is 10.1. The number of nitrogens with zero attached hydrogens (tertiary/aromatic N) is 1. The molecule has 1 aromatic rings. The maximum atomic E-state index is 11.4. The van der Waals surface area contributed by atoms with Gasteiger partial charge >= 0.3 is 0 Å². The van der Waals surface area contributed by atoms with Gasteiger partial charge in [0.1, 0.15) is 5.82 Å². The van der Waals surface area contributed by atoms with E-state index in [0.29, 0.717) is 5.82 Å². The first-order valence-corrected chi connectivity index (χ1v) is 4.48. The van der Waals surface area contributed by atoms with Gasteiger partial charge in [-0.1, -0.05) is 13.8 Å². The molecule has 0 aliphatic rings. The number of aromatic nitrogens is 2. The van der Waals surface area contributed by atoms with E-state index in [2.05, 4.69) is 15.3 Å². The van der Waals surface area contributed by atoms with E-state index in [1.165, 1.54) is 6.33 Å². The lowest BCUT2D eigenvalue weighted by Crippen LogP contribution is -2.18. The molecule has 0 fully saturated rings. The maximum Gasteiger partial charge on any atom is 0.256 e. The second kappa shape index (κ2) is 4.07. The third-order valence-electron chi connectivity index (χ3n) is 1.81. The van der Waals surface area contributed by atoms with Crippen molar-refractivity contribution in [1.82, 2.24) is 9.97 Å². The molecule has 0 atom stereocenters. The Morgan fingerprint density at radius 2 is 2.31 bits per heavy atom. The molecule has 13 heavy (non-hydrogen) atoms. The molecule has 0 saturated heterocycles. The highest BCUT2D eigenvalue weighted by Crippen LogP contribution is 2.16. The molecule has 0 unspecified atom stereocenters. The first kappa shape index (κ1) is 9.77. The minimum absolute atomic E-state index is 0.0547. The van der Waals surface area contributed by atoms with E-state index in [1.54, 1.807) is 0 Å². The van der Waals surface area contributed by atoms with Crippen LogP contribution in [0, 0.1) is 0 Å². The van der Waals surface area contributed by atoms with Crippen molar-refractivity contribution < 1.29 is 0 Å². The summed E-state index contributed by atoms with van der Waals surface area (Å²) >= 11 is 0. The van der Waals surface area contributed by atoms with Crippen molar-refractivity contribution >= 4 is 5.82 Å². The van der Waals surface area contributed by atoms with Crippen molar-refractivity contribution in [1.29, 1.82) is 0 Å². The van der Waals surface area contributed by atoms with Crippen LogP contribution in [-0.4, -0.2) is 16.5 Å². The van der Waals surface area contributed by atoms with Gasteiger partial charge in [-0.3, -0.25) is 4.79 Å². The molecule has 0 radical (unpaired) electrons. The molecule has 4 nitrogen and oxygen atoms in total. The topological polar surface area (TPSA) is 57.8 Å². The zero-order valence-electron chi connectivity index (χ0n) is 8.22. The van der Waals surface area contributed by atoms with Crippen LogP contribution in [0.2, 0.25) is 0 Å². The van der Waals surface area contributed by atoms with Crippen LogP contribution in [0.3, 0.4) is 0 Å². The molecule has 0 aliphatic heterocycles. The standard InChI is InChI=1S/C9H15N3O/c1-4-10-8-7(6(2)3)9(13)12-5-11-8/h5-6H,4H2,1-3H3,(H2,10,11,12,13). The van der Waals surface area contributed by atoms with Crippen molar-refractivity contribution in [3.63, 3.8) is 0 Å². The van der Waals surface area contributed by atoms with Crippen molar-refractivity contribution in [2.45, 2.75) is 26.7 Å². The van der Waals surface area contributed by atoms with Gasteiger partial charge in [-0.15, -0.1) is 0 Å². The summed E-state index contributed by atoms with van der Waals surface area (Å²) in [4.78, 5) is 18.1. The van der Waals surface area contributed by atoms with Crippen LogP contribution >= 0.6 is 0 Å². The van der Waals surface area contributed by atoms with Crippen molar-refractivity contribution in [2.24, 2.45) is 0 Å². The zero-order valence-corrected chi connectivity index (χ0v) is 8.22. The Bertz CT molecular complexity index is 330.